The molecular weight excluding hydrogens is 316 g/mol. The first-order chi connectivity index (χ1) is 12.0. The molecule has 128 valence electrons. The Labute approximate surface area is 145 Å². The highest BCUT2D eigenvalue weighted by atomic mass is 16.3. The number of azo groups is 1. The van der Waals surface area contributed by atoms with E-state index < -0.39 is 5.91 Å². The number of benzene rings is 1. The summed E-state index contributed by atoms with van der Waals surface area (Å²) in [5, 5.41) is 19.3. The van der Waals surface area contributed by atoms with Gasteiger partial charge in [-0.25, -0.2) is 0 Å². The van der Waals surface area contributed by atoms with E-state index in [4.69, 9.17) is 0 Å². The Morgan fingerprint density at radius 3 is 2.64 bits per heavy atom. The molecule has 0 fully saturated rings. The molecule has 2 aromatic heterocycles. The molecule has 0 aliphatic rings. The van der Waals surface area contributed by atoms with Crippen LogP contribution in [0.15, 0.2) is 53.0 Å². The second-order valence-electron chi connectivity index (χ2n) is 6.44. The highest BCUT2D eigenvalue weighted by molar-refractivity contribution is 5.97. The van der Waals surface area contributed by atoms with E-state index >= 15 is 0 Å². The van der Waals surface area contributed by atoms with Gasteiger partial charge in [-0.1, -0.05) is 25.5 Å². The molecule has 6 nitrogen and oxygen atoms in total. The number of carbonyl (C=O) groups is 1. The minimum absolute atomic E-state index is 0.0283. The summed E-state index contributed by atoms with van der Waals surface area (Å²) in [5.41, 5.74) is 2.65. The van der Waals surface area contributed by atoms with Gasteiger partial charge in [0.2, 0.25) is 5.88 Å². The smallest absolute Gasteiger partial charge is 0.295 e. The summed E-state index contributed by atoms with van der Waals surface area (Å²) in [4.78, 5) is 16.0. The van der Waals surface area contributed by atoms with Crippen molar-refractivity contribution in [1.82, 2.24) is 9.55 Å². The summed E-state index contributed by atoms with van der Waals surface area (Å²) < 4.78 is 1.81. The number of fused-ring (bicyclic) bond motifs is 1. The van der Waals surface area contributed by atoms with Gasteiger partial charge in [-0.15, -0.1) is 10.2 Å². The summed E-state index contributed by atoms with van der Waals surface area (Å²) in [6.45, 7) is 6.78. The van der Waals surface area contributed by atoms with E-state index in [0.29, 0.717) is 23.7 Å². The number of aryl methyl sites for hydroxylation is 1. The van der Waals surface area contributed by atoms with Gasteiger partial charge < -0.3 is 9.67 Å². The molecule has 2 heterocycles. The zero-order valence-corrected chi connectivity index (χ0v) is 14.5. The van der Waals surface area contributed by atoms with Crippen molar-refractivity contribution in [1.29, 1.82) is 0 Å². The second kappa shape index (κ2) is 6.84. The van der Waals surface area contributed by atoms with Gasteiger partial charge in [-0.05, 0) is 37.1 Å². The second-order valence-corrected chi connectivity index (χ2v) is 6.44. The van der Waals surface area contributed by atoms with Crippen LogP contribution < -0.4 is 0 Å². The van der Waals surface area contributed by atoms with E-state index in [1.54, 1.807) is 12.1 Å². The number of aromatic hydroxyl groups is 1. The third kappa shape index (κ3) is 3.42. The predicted octanol–water partition coefficient (Wildman–Crippen LogP) is 4.63. The van der Waals surface area contributed by atoms with Crippen molar-refractivity contribution in [2.45, 2.75) is 27.3 Å². The Kier molecular flexibility index (Phi) is 4.61. The Bertz CT molecular complexity index is 943. The molecule has 0 aliphatic heterocycles. The fraction of sp³-hybridized carbons (Fsp3) is 0.263. The van der Waals surface area contributed by atoms with Crippen molar-refractivity contribution in [2.24, 2.45) is 16.1 Å². The Morgan fingerprint density at radius 2 is 1.96 bits per heavy atom. The summed E-state index contributed by atoms with van der Waals surface area (Å²) in [6, 6.07) is 9.04. The maximum atomic E-state index is 12.1. The average Bonchev–Trinajstić information content (AvgIpc) is 2.84. The fourth-order valence-corrected chi connectivity index (χ4v) is 2.73. The Balaban J connectivity index is 2.06. The lowest BCUT2D eigenvalue weighted by Gasteiger charge is -2.09. The SMILES string of the molecule is Cc1ccc2c(c1)c(N=NC(=O)c1ccncc1)c(O)n2CC(C)C. The quantitative estimate of drug-likeness (QED) is 0.705. The van der Waals surface area contributed by atoms with Crippen LogP contribution in [0.25, 0.3) is 10.9 Å². The van der Waals surface area contributed by atoms with Gasteiger partial charge in [0, 0.05) is 29.9 Å². The molecule has 1 aromatic carbocycles. The Morgan fingerprint density at radius 1 is 1.24 bits per heavy atom. The number of hydrogen-bond acceptors (Lipinski definition) is 4. The summed E-state index contributed by atoms with van der Waals surface area (Å²) in [7, 11) is 0. The van der Waals surface area contributed by atoms with Gasteiger partial charge in [-0.2, -0.15) is 0 Å². The van der Waals surface area contributed by atoms with Gasteiger partial charge in [0.05, 0.1) is 5.52 Å². The largest absolute Gasteiger partial charge is 0.493 e. The zero-order chi connectivity index (χ0) is 18.0. The highest BCUT2D eigenvalue weighted by Gasteiger charge is 2.18. The van der Waals surface area contributed by atoms with Crippen LogP contribution in [-0.2, 0) is 6.54 Å². The van der Waals surface area contributed by atoms with Crippen molar-refractivity contribution in [2.75, 3.05) is 0 Å². The predicted molar refractivity (Wildman–Crippen MR) is 96.3 cm³/mol. The van der Waals surface area contributed by atoms with E-state index in [-0.39, 0.29) is 5.88 Å². The minimum Gasteiger partial charge on any atom is -0.493 e. The first kappa shape index (κ1) is 16.8. The molecule has 0 aliphatic carbocycles. The fourth-order valence-electron chi connectivity index (χ4n) is 2.73. The molecule has 6 heteroatoms. The van der Waals surface area contributed by atoms with Crippen molar-refractivity contribution in [3.8, 4) is 5.88 Å². The standard InChI is InChI=1S/C19H20N4O2/c1-12(2)11-23-16-5-4-13(3)10-15(16)17(19(23)25)21-22-18(24)14-6-8-20-9-7-14/h4-10,12,25H,11H2,1-3H3. The molecule has 1 amide bonds. The van der Waals surface area contributed by atoms with E-state index in [0.717, 1.165) is 16.5 Å². The lowest BCUT2D eigenvalue weighted by Crippen LogP contribution is -2.03. The molecule has 0 bridgehead atoms. The normalized spacial score (nSPS) is 11.7. The number of pyridine rings is 1. The molecule has 0 radical (unpaired) electrons. The number of rotatable bonds is 4. The van der Waals surface area contributed by atoms with Gasteiger partial charge in [0.1, 0.15) is 0 Å². The number of amides is 1. The monoisotopic (exact) mass is 336 g/mol. The number of nitrogens with zero attached hydrogens (tertiary/aromatic N) is 4. The first-order valence-electron chi connectivity index (χ1n) is 8.15. The van der Waals surface area contributed by atoms with Gasteiger partial charge >= 0.3 is 0 Å². The van der Waals surface area contributed by atoms with Crippen LogP contribution >= 0.6 is 0 Å². The average molecular weight is 336 g/mol. The summed E-state index contributed by atoms with van der Waals surface area (Å²) in [6.07, 6.45) is 3.05. The van der Waals surface area contributed by atoms with E-state index in [1.807, 2.05) is 29.7 Å². The first-order valence-corrected chi connectivity index (χ1v) is 8.15. The van der Waals surface area contributed by atoms with E-state index in [9.17, 15) is 9.90 Å². The lowest BCUT2D eigenvalue weighted by molar-refractivity contribution is 0.0995. The lowest BCUT2D eigenvalue weighted by atomic mass is 10.1. The maximum absolute atomic E-state index is 12.1. The highest BCUT2D eigenvalue weighted by Crippen LogP contribution is 2.39. The van der Waals surface area contributed by atoms with Crippen LogP contribution in [0.3, 0.4) is 0 Å². The van der Waals surface area contributed by atoms with Crippen LogP contribution in [0.2, 0.25) is 0 Å². The van der Waals surface area contributed by atoms with Gasteiger partial charge in [0.15, 0.2) is 5.69 Å². The van der Waals surface area contributed by atoms with Crippen LogP contribution in [0.4, 0.5) is 5.69 Å². The maximum Gasteiger partial charge on any atom is 0.295 e. The Hall–Kier alpha value is -3.02. The van der Waals surface area contributed by atoms with Crippen molar-refractivity contribution in [3.05, 3.63) is 53.9 Å². The topological polar surface area (TPSA) is 79.8 Å². The molecular formula is C19H20N4O2. The van der Waals surface area contributed by atoms with Crippen molar-refractivity contribution in [3.63, 3.8) is 0 Å². The summed E-state index contributed by atoms with van der Waals surface area (Å²) in [5.74, 6) is -0.0918. The number of hydrogen-bond donors (Lipinski definition) is 1. The van der Waals surface area contributed by atoms with Crippen molar-refractivity contribution < 1.29 is 9.90 Å². The van der Waals surface area contributed by atoms with Crippen LogP contribution in [0.1, 0.15) is 29.8 Å². The molecule has 3 aromatic rings. The molecule has 1 N–H and O–H groups in total. The molecule has 0 atom stereocenters. The van der Waals surface area contributed by atoms with Crippen LogP contribution in [0.5, 0.6) is 5.88 Å². The molecule has 0 spiro atoms. The molecule has 3 rings (SSSR count). The minimum atomic E-state index is -0.473. The van der Waals surface area contributed by atoms with E-state index in [1.165, 1.54) is 12.4 Å². The van der Waals surface area contributed by atoms with Gasteiger partial charge in [0.25, 0.3) is 5.91 Å². The van der Waals surface area contributed by atoms with Gasteiger partial charge in [-0.3, -0.25) is 9.78 Å². The van der Waals surface area contributed by atoms with Crippen LogP contribution in [0, 0.1) is 12.8 Å². The summed E-state index contributed by atoms with van der Waals surface area (Å²) >= 11 is 0. The van der Waals surface area contributed by atoms with Crippen LogP contribution in [-0.4, -0.2) is 20.6 Å². The number of carbonyl (C=O) groups excluding carboxylic acids is 1. The zero-order valence-electron chi connectivity index (χ0n) is 14.5. The molecule has 0 saturated carbocycles. The molecule has 0 unspecified atom stereocenters. The third-order valence-electron chi connectivity index (χ3n) is 3.88. The molecule has 25 heavy (non-hydrogen) atoms. The van der Waals surface area contributed by atoms with E-state index in [2.05, 4.69) is 29.1 Å². The third-order valence-corrected chi connectivity index (χ3v) is 3.88. The van der Waals surface area contributed by atoms with Crippen molar-refractivity contribution >= 4 is 22.5 Å². The number of aromatic nitrogens is 2. The molecule has 0 saturated heterocycles.